The van der Waals surface area contributed by atoms with Gasteiger partial charge in [0.2, 0.25) is 0 Å². The van der Waals surface area contributed by atoms with Crippen LogP contribution < -0.4 is 0 Å². The lowest BCUT2D eigenvalue weighted by Crippen LogP contribution is -2.19. The fourth-order valence-electron chi connectivity index (χ4n) is 2.01. The fraction of sp³-hybridized carbons (Fsp3) is 1.00. The Balaban J connectivity index is 4.30. The standard InChI is InChI=1S/C11H26P/c1-7-12(8-2,9-3)10-11(4,5)6/h7-10H2,1-6H3/q+1. The van der Waals surface area contributed by atoms with Crippen LogP contribution in [-0.2, 0) is 0 Å². The zero-order valence-electron chi connectivity index (χ0n) is 9.78. The maximum atomic E-state index is 2.38. The third-order valence-electron chi connectivity index (χ3n) is 2.82. The van der Waals surface area contributed by atoms with Crippen LogP contribution in [0.15, 0.2) is 0 Å². The minimum Gasteiger partial charge on any atom is -0.0567 e. The van der Waals surface area contributed by atoms with Crippen molar-refractivity contribution in [3.63, 3.8) is 0 Å². The monoisotopic (exact) mass is 189 g/mol. The fourth-order valence-corrected chi connectivity index (χ4v) is 6.04. The van der Waals surface area contributed by atoms with Crippen molar-refractivity contribution in [3.05, 3.63) is 0 Å². The molecule has 0 fully saturated rings. The topological polar surface area (TPSA) is 0 Å². The zero-order chi connectivity index (χ0) is 9.83. The van der Waals surface area contributed by atoms with Crippen LogP contribution in [0.4, 0.5) is 0 Å². The summed E-state index contributed by atoms with van der Waals surface area (Å²) in [7, 11) is -0.560. The van der Waals surface area contributed by atoms with Gasteiger partial charge < -0.3 is 0 Å². The van der Waals surface area contributed by atoms with Crippen LogP contribution in [-0.4, -0.2) is 24.6 Å². The highest BCUT2D eigenvalue weighted by molar-refractivity contribution is 7.75. The minimum absolute atomic E-state index is 0.538. The van der Waals surface area contributed by atoms with E-state index in [2.05, 4.69) is 41.5 Å². The van der Waals surface area contributed by atoms with E-state index in [1.54, 1.807) is 0 Å². The molecule has 0 nitrogen and oxygen atoms in total. The van der Waals surface area contributed by atoms with Crippen molar-refractivity contribution in [2.45, 2.75) is 41.5 Å². The molecule has 0 amide bonds. The summed E-state index contributed by atoms with van der Waals surface area (Å²) in [5.74, 6) is 0. The van der Waals surface area contributed by atoms with Gasteiger partial charge in [0, 0.05) is 7.26 Å². The molecule has 0 aliphatic heterocycles. The molecule has 0 saturated carbocycles. The van der Waals surface area contributed by atoms with Gasteiger partial charge in [-0.25, -0.2) is 0 Å². The van der Waals surface area contributed by atoms with E-state index in [-0.39, 0.29) is 0 Å². The Morgan fingerprint density at radius 1 is 0.833 bits per heavy atom. The van der Waals surface area contributed by atoms with Crippen molar-refractivity contribution in [2.75, 3.05) is 24.6 Å². The lowest BCUT2D eigenvalue weighted by atomic mass is 10.0. The van der Waals surface area contributed by atoms with Crippen molar-refractivity contribution >= 4 is 7.26 Å². The molecule has 1 heteroatoms. The summed E-state index contributed by atoms with van der Waals surface area (Å²) < 4.78 is 0. The van der Waals surface area contributed by atoms with Crippen LogP contribution in [0.25, 0.3) is 0 Å². The van der Waals surface area contributed by atoms with Crippen LogP contribution in [0.1, 0.15) is 41.5 Å². The van der Waals surface area contributed by atoms with E-state index in [9.17, 15) is 0 Å². The molecule has 0 atom stereocenters. The van der Waals surface area contributed by atoms with Crippen molar-refractivity contribution in [3.8, 4) is 0 Å². The first-order valence-corrected chi connectivity index (χ1v) is 7.77. The van der Waals surface area contributed by atoms with Crippen LogP contribution >= 0.6 is 7.26 Å². The molecule has 0 aromatic carbocycles. The molecule has 74 valence electrons. The largest absolute Gasteiger partial charge is 0.0642 e. The van der Waals surface area contributed by atoms with Crippen molar-refractivity contribution < 1.29 is 0 Å². The van der Waals surface area contributed by atoms with Gasteiger partial charge in [-0.05, 0) is 26.2 Å². The second-order valence-electron chi connectivity index (χ2n) is 5.01. The van der Waals surface area contributed by atoms with Gasteiger partial charge in [0.05, 0.1) is 24.6 Å². The van der Waals surface area contributed by atoms with Gasteiger partial charge in [0.25, 0.3) is 0 Å². The maximum Gasteiger partial charge on any atom is 0.0642 e. The van der Waals surface area contributed by atoms with E-state index in [0.717, 1.165) is 0 Å². The van der Waals surface area contributed by atoms with E-state index in [1.165, 1.54) is 24.6 Å². The highest BCUT2D eigenvalue weighted by Crippen LogP contribution is 2.60. The molecule has 0 aliphatic carbocycles. The van der Waals surface area contributed by atoms with Crippen LogP contribution in [0, 0.1) is 5.41 Å². The Labute approximate surface area is 79.5 Å². The third kappa shape index (κ3) is 3.90. The van der Waals surface area contributed by atoms with Gasteiger partial charge in [-0.3, -0.25) is 0 Å². The molecule has 0 N–H and O–H groups in total. The summed E-state index contributed by atoms with van der Waals surface area (Å²) in [5.41, 5.74) is 0.538. The smallest absolute Gasteiger partial charge is 0.0567 e. The van der Waals surface area contributed by atoms with E-state index >= 15 is 0 Å². The predicted molar refractivity (Wildman–Crippen MR) is 62.9 cm³/mol. The Hall–Kier alpha value is 0.430. The summed E-state index contributed by atoms with van der Waals surface area (Å²) in [6, 6.07) is 0. The molecular formula is C11H26P+. The van der Waals surface area contributed by atoms with Gasteiger partial charge in [-0.1, -0.05) is 20.8 Å². The first-order chi connectivity index (χ1) is 5.39. The van der Waals surface area contributed by atoms with Gasteiger partial charge in [0.15, 0.2) is 0 Å². The van der Waals surface area contributed by atoms with E-state index < -0.39 is 7.26 Å². The predicted octanol–water partition coefficient (Wildman–Crippen LogP) is 4.11. The number of hydrogen-bond acceptors (Lipinski definition) is 0. The minimum atomic E-state index is -0.560. The van der Waals surface area contributed by atoms with Crippen molar-refractivity contribution in [1.82, 2.24) is 0 Å². The van der Waals surface area contributed by atoms with Crippen LogP contribution in [0.3, 0.4) is 0 Å². The van der Waals surface area contributed by atoms with Crippen molar-refractivity contribution in [1.29, 1.82) is 0 Å². The maximum absolute atomic E-state index is 2.38. The molecule has 0 heterocycles. The summed E-state index contributed by atoms with van der Waals surface area (Å²) in [4.78, 5) is 0. The lowest BCUT2D eigenvalue weighted by Gasteiger charge is -2.30. The first-order valence-electron chi connectivity index (χ1n) is 5.24. The third-order valence-corrected chi connectivity index (χ3v) is 8.47. The zero-order valence-corrected chi connectivity index (χ0v) is 10.7. The molecule has 0 bridgehead atoms. The molecule has 0 unspecified atom stereocenters. The molecular weight excluding hydrogens is 163 g/mol. The quantitative estimate of drug-likeness (QED) is 0.584. The molecule has 12 heavy (non-hydrogen) atoms. The summed E-state index contributed by atoms with van der Waals surface area (Å²) in [5, 5.41) is 0. The SMILES string of the molecule is CC[P+](CC)(CC)CC(C)(C)C. The van der Waals surface area contributed by atoms with Gasteiger partial charge in [-0.2, -0.15) is 0 Å². The molecule has 0 rings (SSSR count). The molecule has 0 aromatic heterocycles. The Kier molecular flexibility index (Phi) is 4.77. The van der Waals surface area contributed by atoms with E-state index in [0.29, 0.717) is 5.41 Å². The molecule has 0 saturated heterocycles. The Bertz CT molecular complexity index is 109. The molecule has 0 aromatic rings. The van der Waals surface area contributed by atoms with Gasteiger partial charge in [-0.15, -0.1) is 0 Å². The summed E-state index contributed by atoms with van der Waals surface area (Å²) in [6.45, 7) is 14.3. The van der Waals surface area contributed by atoms with E-state index in [1.807, 2.05) is 0 Å². The van der Waals surface area contributed by atoms with E-state index in [4.69, 9.17) is 0 Å². The lowest BCUT2D eigenvalue weighted by molar-refractivity contribution is 0.474. The molecule has 0 radical (unpaired) electrons. The number of hydrogen-bond donors (Lipinski definition) is 0. The number of rotatable bonds is 4. The van der Waals surface area contributed by atoms with Gasteiger partial charge in [0.1, 0.15) is 0 Å². The second kappa shape index (κ2) is 4.61. The molecule has 0 aliphatic rings. The highest BCUT2D eigenvalue weighted by atomic mass is 31.2. The van der Waals surface area contributed by atoms with Crippen LogP contribution in [0.2, 0.25) is 0 Å². The van der Waals surface area contributed by atoms with Gasteiger partial charge >= 0.3 is 0 Å². The molecule has 0 spiro atoms. The highest BCUT2D eigenvalue weighted by Gasteiger charge is 2.35. The Morgan fingerprint density at radius 3 is 1.25 bits per heavy atom. The summed E-state index contributed by atoms with van der Waals surface area (Å²) >= 11 is 0. The first kappa shape index (κ1) is 12.4. The average molecular weight is 189 g/mol. The Morgan fingerprint density at radius 2 is 1.17 bits per heavy atom. The summed E-state index contributed by atoms with van der Waals surface area (Å²) in [6.07, 6.45) is 5.80. The van der Waals surface area contributed by atoms with Crippen LogP contribution in [0.5, 0.6) is 0 Å². The van der Waals surface area contributed by atoms with Crippen molar-refractivity contribution in [2.24, 2.45) is 5.41 Å². The normalized spacial score (nSPS) is 13.5. The average Bonchev–Trinajstić information content (AvgIpc) is 1.99. The second-order valence-corrected chi connectivity index (χ2v) is 9.91.